The zero-order valence-corrected chi connectivity index (χ0v) is 13.7. The van der Waals surface area contributed by atoms with Crippen LogP contribution < -0.4 is 5.56 Å². The van der Waals surface area contributed by atoms with Crippen molar-refractivity contribution >= 4 is 11.8 Å². The van der Waals surface area contributed by atoms with Gasteiger partial charge in [0, 0.05) is 16.5 Å². The third-order valence-electron chi connectivity index (χ3n) is 3.50. The molecule has 0 spiro atoms. The highest BCUT2D eigenvalue weighted by Gasteiger charge is 2.09. The maximum Gasteiger partial charge on any atom is 0.288 e. The molecule has 3 nitrogen and oxygen atoms in total. The quantitative estimate of drug-likeness (QED) is 0.631. The van der Waals surface area contributed by atoms with Crippen LogP contribution in [0.3, 0.4) is 0 Å². The molecule has 0 N–H and O–H groups in total. The van der Waals surface area contributed by atoms with E-state index >= 15 is 0 Å². The highest BCUT2D eigenvalue weighted by molar-refractivity contribution is 7.99. The van der Waals surface area contributed by atoms with Crippen LogP contribution in [0.5, 0.6) is 0 Å². The molecule has 0 fully saturated rings. The number of aromatic nitrogens is 2. The summed E-state index contributed by atoms with van der Waals surface area (Å²) in [7, 11) is 0. The van der Waals surface area contributed by atoms with E-state index in [1.807, 2.05) is 0 Å². The Kier molecular flexibility index (Phi) is 5.23. The summed E-state index contributed by atoms with van der Waals surface area (Å²) in [4.78, 5) is 12.5. The first-order valence-corrected chi connectivity index (χ1v) is 8.28. The smallest absolute Gasteiger partial charge is 0.268 e. The maximum absolute atomic E-state index is 13.9. The lowest BCUT2D eigenvalue weighted by Crippen LogP contribution is -2.22. The average molecular weight is 362 g/mol. The van der Waals surface area contributed by atoms with Gasteiger partial charge in [-0.2, -0.15) is 13.9 Å². The number of halogens is 3. The van der Waals surface area contributed by atoms with Crippen LogP contribution in [0.25, 0.3) is 11.3 Å². The van der Waals surface area contributed by atoms with Crippen molar-refractivity contribution in [3.63, 3.8) is 0 Å². The Morgan fingerprint density at radius 2 is 1.72 bits per heavy atom. The largest absolute Gasteiger partial charge is 0.288 e. The summed E-state index contributed by atoms with van der Waals surface area (Å²) in [5, 5.41) is 4.21. The van der Waals surface area contributed by atoms with Gasteiger partial charge in [-0.3, -0.25) is 4.79 Å². The molecule has 25 heavy (non-hydrogen) atoms. The van der Waals surface area contributed by atoms with Gasteiger partial charge < -0.3 is 0 Å². The zero-order valence-electron chi connectivity index (χ0n) is 12.9. The molecule has 0 aliphatic rings. The molecule has 0 radical (unpaired) electrons. The van der Waals surface area contributed by atoms with Gasteiger partial charge in [-0.1, -0.05) is 36.0 Å². The summed E-state index contributed by atoms with van der Waals surface area (Å²) in [6.07, 6.45) is 0. The molecule has 0 saturated heterocycles. The van der Waals surface area contributed by atoms with Gasteiger partial charge in [0.25, 0.3) is 11.3 Å². The Balaban J connectivity index is 1.86. The number of hydrogen-bond acceptors (Lipinski definition) is 3. The van der Waals surface area contributed by atoms with E-state index in [1.54, 1.807) is 42.5 Å². The predicted octanol–water partition coefficient (Wildman–Crippen LogP) is 4.41. The van der Waals surface area contributed by atoms with Crippen molar-refractivity contribution in [1.29, 1.82) is 0 Å². The lowest BCUT2D eigenvalue weighted by atomic mass is 10.1. The van der Waals surface area contributed by atoms with E-state index in [1.165, 1.54) is 22.9 Å². The Labute approximate surface area is 146 Å². The van der Waals surface area contributed by atoms with Crippen LogP contribution in [0.2, 0.25) is 0 Å². The fourth-order valence-corrected chi connectivity index (χ4v) is 2.82. The SMILES string of the molecule is O=c1ccc(-c2ccccc2F)nn1Cc1ccc(SC(F)F)cc1. The normalized spacial score (nSPS) is 11.0. The van der Waals surface area contributed by atoms with Gasteiger partial charge in [0.15, 0.2) is 0 Å². The molecule has 0 amide bonds. The number of alkyl halides is 2. The van der Waals surface area contributed by atoms with Crippen molar-refractivity contribution in [2.75, 3.05) is 0 Å². The van der Waals surface area contributed by atoms with Crippen molar-refractivity contribution in [2.45, 2.75) is 17.2 Å². The van der Waals surface area contributed by atoms with Crippen LogP contribution in [-0.4, -0.2) is 15.5 Å². The molecule has 0 aliphatic heterocycles. The van der Waals surface area contributed by atoms with Crippen LogP contribution in [0.1, 0.15) is 5.56 Å². The Bertz CT molecular complexity index is 926. The second-order valence-corrected chi connectivity index (χ2v) is 6.28. The van der Waals surface area contributed by atoms with Crippen molar-refractivity contribution in [1.82, 2.24) is 9.78 Å². The van der Waals surface area contributed by atoms with Gasteiger partial charge in [0.2, 0.25) is 0 Å². The van der Waals surface area contributed by atoms with E-state index in [0.29, 0.717) is 27.9 Å². The molecule has 0 saturated carbocycles. The molecule has 0 unspecified atom stereocenters. The minimum Gasteiger partial charge on any atom is -0.268 e. The molecule has 3 rings (SSSR count). The highest BCUT2D eigenvalue weighted by atomic mass is 32.2. The molecule has 0 aliphatic carbocycles. The lowest BCUT2D eigenvalue weighted by molar-refractivity contribution is 0.252. The van der Waals surface area contributed by atoms with E-state index in [9.17, 15) is 18.0 Å². The fourth-order valence-electron chi connectivity index (χ4n) is 2.32. The van der Waals surface area contributed by atoms with Crippen LogP contribution >= 0.6 is 11.8 Å². The Morgan fingerprint density at radius 1 is 1.00 bits per heavy atom. The molecule has 7 heteroatoms. The number of thioether (sulfide) groups is 1. The number of nitrogens with zero attached hydrogens (tertiary/aromatic N) is 2. The van der Waals surface area contributed by atoms with Crippen LogP contribution in [0, 0.1) is 5.82 Å². The van der Waals surface area contributed by atoms with Gasteiger partial charge in [-0.25, -0.2) is 9.07 Å². The highest BCUT2D eigenvalue weighted by Crippen LogP contribution is 2.25. The molecule has 1 aromatic heterocycles. The fraction of sp³-hybridized carbons (Fsp3) is 0.111. The zero-order chi connectivity index (χ0) is 17.8. The third-order valence-corrected chi connectivity index (χ3v) is 4.22. The molecular weight excluding hydrogens is 349 g/mol. The predicted molar refractivity (Wildman–Crippen MR) is 91.3 cm³/mol. The van der Waals surface area contributed by atoms with E-state index in [2.05, 4.69) is 5.10 Å². The van der Waals surface area contributed by atoms with Crippen molar-refractivity contribution in [3.05, 3.63) is 82.4 Å². The summed E-state index contributed by atoms with van der Waals surface area (Å²) in [6.45, 7) is 0.167. The van der Waals surface area contributed by atoms with Crippen LogP contribution in [-0.2, 0) is 6.54 Å². The van der Waals surface area contributed by atoms with E-state index in [-0.39, 0.29) is 12.1 Å². The van der Waals surface area contributed by atoms with Crippen LogP contribution in [0.15, 0.2) is 70.4 Å². The first-order valence-electron chi connectivity index (χ1n) is 7.40. The first-order chi connectivity index (χ1) is 12.0. The monoisotopic (exact) mass is 362 g/mol. The lowest BCUT2D eigenvalue weighted by Gasteiger charge is -2.08. The summed E-state index contributed by atoms with van der Waals surface area (Å²) in [6, 6.07) is 15.4. The third kappa shape index (κ3) is 4.30. The maximum atomic E-state index is 13.9. The first kappa shape index (κ1) is 17.3. The topological polar surface area (TPSA) is 34.9 Å². The average Bonchev–Trinajstić information content (AvgIpc) is 2.59. The molecule has 0 bridgehead atoms. The summed E-state index contributed by atoms with van der Waals surface area (Å²) in [5.74, 6) is -2.90. The Hall–Kier alpha value is -2.54. The molecule has 0 atom stereocenters. The van der Waals surface area contributed by atoms with Gasteiger partial charge >= 0.3 is 0 Å². The van der Waals surface area contributed by atoms with Gasteiger partial charge in [-0.15, -0.1) is 0 Å². The molecule has 2 aromatic carbocycles. The Morgan fingerprint density at radius 3 is 2.40 bits per heavy atom. The molecule has 128 valence electrons. The van der Waals surface area contributed by atoms with Crippen molar-refractivity contribution in [2.24, 2.45) is 0 Å². The summed E-state index contributed by atoms with van der Waals surface area (Å²) >= 11 is 0.459. The second-order valence-electron chi connectivity index (χ2n) is 5.22. The van der Waals surface area contributed by atoms with Crippen molar-refractivity contribution < 1.29 is 13.2 Å². The van der Waals surface area contributed by atoms with Gasteiger partial charge in [0.1, 0.15) is 5.82 Å². The number of rotatable bonds is 5. The minimum atomic E-state index is -2.48. The minimum absolute atomic E-state index is 0.167. The van der Waals surface area contributed by atoms with E-state index in [0.717, 1.165) is 5.56 Å². The number of hydrogen-bond donors (Lipinski definition) is 0. The molecule has 1 heterocycles. The number of benzene rings is 2. The van der Waals surface area contributed by atoms with E-state index in [4.69, 9.17) is 0 Å². The van der Waals surface area contributed by atoms with Gasteiger partial charge in [0.05, 0.1) is 12.2 Å². The van der Waals surface area contributed by atoms with Crippen LogP contribution in [0.4, 0.5) is 13.2 Å². The second kappa shape index (κ2) is 7.57. The van der Waals surface area contributed by atoms with E-state index < -0.39 is 11.6 Å². The molecular formula is C18H13F3N2OS. The summed E-state index contributed by atoms with van der Waals surface area (Å²) in [5.41, 5.74) is 1.06. The standard InChI is InChI=1S/C18H13F3N2OS/c19-15-4-2-1-3-14(15)16-9-10-17(24)23(22-16)11-12-5-7-13(8-6-12)25-18(20)21/h1-10,18H,11H2. The van der Waals surface area contributed by atoms with Gasteiger partial charge in [-0.05, 0) is 35.9 Å². The molecule has 3 aromatic rings. The van der Waals surface area contributed by atoms with Crippen molar-refractivity contribution in [3.8, 4) is 11.3 Å². The summed E-state index contributed by atoms with van der Waals surface area (Å²) < 4.78 is 39.8.